The minimum Gasteiger partial charge on any atom is -0.493 e. The predicted octanol–water partition coefficient (Wildman–Crippen LogP) is 3.56. The van der Waals surface area contributed by atoms with E-state index >= 15 is 0 Å². The van der Waals surface area contributed by atoms with Crippen LogP contribution in [0.5, 0.6) is 11.5 Å². The number of hydrogen-bond donors (Lipinski definition) is 1. The maximum absolute atomic E-state index is 11.4. The average Bonchev–Trinajstić information content (AvgIpc) is 2.91. The van der Waals surface area contributed by atoms with Crippen molar-refractivity contribution in [3.05, 3.63) is 48.2 Å². The summed E-state index contributed by atoms with van der Waals surface area (Å²) in [6.07, 6.45) is 0. The van der Waals surface area contributed by atoms with Gasteiger partial charge in [0, 0.05) is 18.0 Å². The summed E-state index contributed by atoms with van der Waals surface area (Å²) >= 11 is 0. The highest BCUT2D eigenvalue weighted by Gasteiger charge is 2.16. The molecule has 5 heteroatoms. The van der Waals surface area contributed by atoms with Crippen molar-refractivity contribution in [2.24, 2.45) is 7.05 Å². The van der Waals surface area contributed by atoms with Crippen LogP contribution in [0, 0.1) is 0 Å². The molecule has 0 unspecified atom stereocenters. The zero-order valence-electron chi connectivity index (χ0n) is 13.2. The number of aryl methyl sites for hydroxylation is 1. The zero-order valence-corrected chi connectivity index (χ0v) is 13.2. The lowest BCUT2D eigenvalue weighted by atomic mass is 10.0. The summed E-state index contributed by atoms with van der Waals surface area (Å²) in [7, 11) is 4.94. The second-order valence-corrected chi connectivity index (χ2v) is 5.21. The Morgan fingerprint density at radius 1 is 1.04 bits per heavy atom. The third-order valence-corrected chi connectivity index (χ3v) is 3.97. The molecule has 1 N–H and O–H groups in total. The van der Waals surface area contributed by atoms with Gasteiger partial charge in [0.15, 0.2) is 11.5 Å². The Morgan fingerprint density at radius 3 is 2.43 bits per heavy atom. The second kappa shape index (κ2) is 5.68. The lowest BCUT2D eigenvalue weighted by Gasteiger charge is -2.11. The van der Waals surface area contributed by atoms with Gasteiger partial charge in [-0.05, 0) is 23.8 Å². The van der Waals surface area contributed by atoms with E-state index in [4.69, 9.17) is 9.47 Å². The fourth-order valence-electron chi connectivity index (χ4n) is 2.86. The van der Waals surface area contributed by atoms with Gasteiger partial charge in [0.25, 0.3) is 0 Å². The minimum absolute atomic E-state index is 0.257. The molecule has 3 aromatic rings. The molecular formula is C18H17NO4. The number of hydrogen-bond acceptors (Lipinski definition) is 3. The molecule has 1 aromatic heterocycles. The number of methoxy groups -OCH3 is 2. The van der Waals surface area contributed by atoms with Crippen molar-refractivity contribution in [2.75, 3.05) is 14.2 Å². The molecular weight excluding hydrogens is 294 g/mol. The summed E-state index contributed by atoms with van der Waals surface area (Å²) in [6.45, 7) is 0. The first-order chi connectivity index (χ1) is 11.1. The number of para-hydroxylation sites is 1. The maximum atomic E-state index is 11.4. The van der Waals surface area contributed by atoms with Gasteiger partial charge >= 0.3 is 5.97 Å². The van der Waals surface area contributed by atoms with Gasteiger partial charge < -0.3 is 19.1 Å². The highest BCUT2D eigenvalue weighted by atomic mass is 16.5. The number of aromatic nitrogens is 1. The smallest absolute Gasteiger partial charge is 0.352 e. The van der Waals surface area contributed by atoms with E-state index in [9.17, 15) is 9.90 Å². The lowest BCUT2D eigenvalue weighted by molar-refractivity contribution is 0.0687. The number of nitrogens with zero attached hydrogens (tertiary/aromatic N) is 1. The molecule has 2 aromatic carbocycles. The Labute approximate surface area is 133 Å². The Bertz CT molecular complexity index is 895. The van der Waals surface area contributed by atoms with Gasteiger partial charge in [0.1, 0.15) is 5.69 Å². The zero-order chi connectivity index (χ0) is 16.6. The van der Waals surface area contributed by atoms with Crippen LogP contribution in [-0.2, 0) is 7.05 Å². The van der Waals surface area contributed by atoms with Crippen LogP contribution in [-0.4, -0.2) is 29.9 Å². The Hall–Kier alpha value is -2.95. The molecule has 0 spiro atoms. The number of rotatable bonds is 4. The minimum atomic E-state index is -0.943. The monoisotopic (exact) mass is 311 g/mol. The molecule has 0 bridgehead atoms. The number of fused-ring (bicyclic) bond motifs is 1. The topological polar surface area (TPSA) is 60.7 Å². The summed E-state index contributed by atoms with van der Waals surface area (Å²) in [5.74, 6) is 0.346. The Morgan fingerprint density at radius 2 is 1.78 bits per heavy atom. The Kier molecular flexibility index (Phi) is 3.70. The van der Waals surface area contributed by atoms with E-state index in [0.717, 1.165) is 22.0 Å². The van der Waals surface area contributed by atoms with Crippen LogP contribution in [0.4, 0.5) is 0 Å². The number of carboxylic acids is 1. The number of aromatic carboxylic acids is 1. The van der Waals surface area contributed by atoms with Crippen molar-refractivity contribution < 1.29 is 19.4 Å². The fraction of sp³-hybridized carbons (Fsp3) is 0.167. The van der Waals surface area contributed by atoms with Gasteiger partial charge in [0.2, 0.25) is 0 Å². The summed E-state index contributed by atoms with van der Waals surface area (Å²) in [4.78, 5) is 11.4. The SMILES string of the molecule is COc1ccc(-c2cccc3cc(C(=O)O)n(C)c23)cc1OC. The molecule has 0 fully saturated rings. The first kappa shape index (κ1) is 15.0. The largest absolute Gasteiger partial charge is 0.493 e. The summed E-state index contributed by atoms with van der Waals surface area (Å²) in [5.41, 5.74) is 3.01. The van der Waals surface area contributed by atoms with Crippen LogP contribution >= 0.6 is 0 Å². The van der Waals surface area contributed by atoms with Gasteiger partial charge in [-0.2, -0.15) is 0 Å². The van der Waals surface area contributed by atoms with Crippen LogP contribution in [0.3, 0.4) is 0 Å². The first-order valence-electron chi connectivity index (χ1n) is 7.11. The number of ether oxygens (including phenoxy) is 2. The number of benzene rings is 2. The second-order valence-electron chi connectivity index (χ2n) is 5.21. The molecule has 3 rings (SSSR count). The Balaban J connectivity index is 2.26. The normalized spacial score (nSPS) is 10.7. The van der Waals surface area contributed by atoms with E-state index in [2.05, 4.69) is 0 Å². The van der Waals surface area contributed by atoms with Crippen molar-refractivity contribution in [1.82, 2.24) is 4.57 Å². The number of carboxylic acid groups (broad SMARTS) is 1. The van der Waals surface area contributed by atoms with Gasteiger partial charge in [0.05, 0.1) is 19.7 Å². The van der Waals surface area contributed by atoms with Crippen molar-refractivity contribution in [3.63, 3.8) is 0 Å². The molecule has 0 aliphatic carbocycles. The molecule has 0 saturated heterocycles. The molecule has 0 atom stereocenters. The molecule has 1 heterocycles. The highest BCUT2D eigenvalue weighted by Crippen LogP contribution is 2.36. The van der Waals surface area contributed by atoms with Crippen LogP contribution in [0.1, 0.15) is 10.5 Å². The van der Waals surface area contributed by atoms with Crippen molar-refractivity contribution in [2.45, 2.75) is 0 Å². The van der Waals surface area contributed by atoms with E-state index < -0.39 is 5.97 Å². The van der Waals surface area contributed by atoms with Crippen molar-refractivity contribution in [3.8, 4) is 22.6 Å². The summed E-state index contributed by atoms with van der Waals surface area (Å²) in [5, 5.41) is 10.2. The molecule has 0 aliphatic rings. The third-order valence-electron chi connectivity index (χ3n) is 3.97. The third kappa shape index (κ3) is 2.40. The number of carbonyl (C=O) groups is 1. The van der Waals surface area contributed by atoms with E-state index in [1.165, 1.54) is 0 Å². The molecule has 0 aliphatic heterocycles. The van der Waals surface area contributed by atoms with E-state index in [1.54, 1.807) is 31.9 Å². The molecule has 0 amide bonds. The van der Waals surface area contributed by atoms with Crippen LogP contribution in [0.25, 0.3) is 22.0 Å². The average molecular weight is 311 g/mol. The molecule has 0 saturated carbocycles. The van der Waals surface area contributed by atoms with E-state index in [0.29, 0.717) is 11.5 Å². The van der Waals surface area contributed by atoms with Gasteiger partial charge in [-0.15, -0.1) is 0 Å². The lowest BCUT2D eigenvalue weighted by Crippen LogP contribution is -2.04. The molecule has 118 valence electrons. The summed E-state index contributed by atoms with van der Waals surface area (Å²) < 4.78 is 12.3. The van der Waals surface area contributed by atoms with E-state index in [1.807, 2.05) is 36.4 Å². The van der Waals surface area contributed by atoms with Crippen LogP contribution < -0.4 is 9.47 Å². The fourth-order valence-corrected chi connectivity index (χ4v) is 2.86. The maximum Gasteiger partial charge on any atom is 0.352 e. The standard InChI is InChI=1S/C18H17NO4/c1-19-14(18(20)21)9-12-5-4-6-13(17(12)19)11-7-8-15(22-2)16(10-11)23-3/h4-10H,1-3H3,(H,20,21). The van der Waals surface area contributed by atoms with Gasteiger partial charge in [-0.25, -0.2) is 4.79 Å². The molecule has 23 heavy (non-hydrogen) atoms. The summed E-state index contributed by atoms with van der Waals surface area (Å²) in [6, 6.07) is 13.1. The van der Waals surface area contributed by atoms with E-state index in [-0.39, 0.29) is 5.69 Å². The van der Waals surface area contributed by atoms with Gasteiger partial charge in [-0.1, -0.05) is 24.3 Å². The van der Waals surface area contributed by atoms with Crippen molar-refractivity contribution in [1.29, 1.82) is 0 Å². The molecule has 0 radical (unpaired) electrons. The van der Waals surface area contributed by atoms with Crippen LogP contribution in [0.15, 0.2) is 42.5 Å². The van der Waals surface area contributed by atoms with Gasteiger partial charge in [-0.3, -0.25) is 0 Å². The highest BCUT2D eigenvalue weighted by molar-refractivity contribution is 6.01. The first-order valence-corrected chi connectivity index (χ1v) is 7.11. The van der Waals surface area contributed by atoms with Crippen molar-refractivity contribution >= 4 is 16.9 Å². The quantitative estimate of drug-likeness (QED) is 0.800. The van der Waals surface area contributed by atoms with Crippen LogP contribution in [0.2, 0.25) is 0 Å². The predicted molar refractivity (Wildman–Crippen MR) is 88.4 cm³/mol. The molecule has 5 nitrogen and oxygen atoms in total.